The molecule has 0 radical (unpaired) electrons. The van der Waals surface area contributed by atoms with Crippen molar-refractivity contribution in [3.8, 4) is 0 Å². The van der Waals surface area contributed by atoms with Crippen molar-refractivity contribution in [2.45, 2.75) is 24.5 Å². The van der Waals surface area contributed by atoms with Crippen LogP contribution in [-0.4, -0.2) is 77.4 Å². The molecule has 5 atom stereocenters. The molecule has 0 bridgehead atoms. The minimum absolute atomic E-state index is 0.0516. The predicted molar refractivity (Wildman–Crippen MR) is 97.9 cm³/mol. The Morgan fingerprint density at radius 1 is 1.19 bits per heavy atom. The lowest BCUT2D eigenvalue weighted by atomic mass is 10.1. The highest BCUT2D eigenvalue weighted by atomic mass is 31.3. The summed E-state index contributed by atoms with van der Waals surface area (Å²) in [6, 6.07) is 0. The average Bonchev–Trinajstić information content (AvgIpc) is 3.13. The van der Waals surface area contributed by atoms with Crippen molar-refractivity contribution in [3.63, 3.8) is 0 Å². The van der Waals surface area contributed by atoms with Gasteiger partial charge in [-0.25, -0.2) is 23.7 Å². The zero-order chi connectivity index (χ0) is 23.2. The Morgan fingerprint density at radius 2 is 1.87 bits per heavy atom. The van der Waals surface area contributed by atoms with Crippen LogP contribution in [0.2, 0.25) is 0 Å². The standard InChI is InChI=1S/C10H18N5O13P3/c11-8-5-9(13-2-12-8)15(3-14-5)10-7(27-29(17,18)19)6(16)4(26-10)1-25-31(23,24)28-30(20,21)22/h2,4,6-7,10,14,16H,1,3H2,(H,23,24)(H2,11,12,13)(H2,17,18,19)(H2,20,21,22)/t4-,6-,7-,10-/m1/s1. The minimum Gasteiger partial charge on any atom is -0.387 e. The van der Waals surface area contributed by atoms with Crippen LogP contribution in [0.4, 0.5) is 17.3 Å². The van der Waals surface area contributed by atoms with E-state index in [-0.39, 0.29) is 24.0 Å². The summed E-state index contributed by atoms with van der Waals surface area (Å²) in [7, 11) is -15.8. The SMILES string of the molecule is Nc1ncnc2c1NCN2[C@@H]1O[C@H](COP(=O)(O)OP(=O)(O)O)[C@@H](O)[C@H]1OP(=O)(O)O. The van der Waals surface area contributed by atoms with Gasteiger partial charge < -0.3 is 50.3 Å². The Hall–Kier alpha value is -1.23. The van der Waals surface area contributed by atoms with Gasteiger partial charge in [0.05, 0.1) is 13.3 Å². The van der Waals surface area contributed by atoms with Crippen molar-refractivity contribution >= 4 is 40.8 Å². The molecule has 1 fully saturated rings. The Bertz CT molecular complexity index is 969. The van der Waals surface area contributed by atoms with Crippen molar-refractivity contribution in [3.05, 3.63) is 6.33 Å². The summed E-state index contributed by atoms with van der Waals surface area (Å²) in [5.41, 5.74) is 6.01. The second kappa shape index (κ2) is 8.61. The fourth-order valence-corrected chi connectivity index (χ4v) is 5.08. The van der Waals surface area contributed by atoms with Gasteiger partial charge in [-0.05, 0) is 0 Å². The van der Waals surface area contributed by atoms with Gasteiger partial charge in [-0.2, -0.15) is 4.31 Å². The Labute approximate surface area is 173 Å². The fourth-order valence-electron chi connectivity index (χ4n) is 2.93. The fraction of sp³-hybridized carbons (Fsp3) is 0.600. The van der Waals surface area contributed by atoms with E-state index >= 15 is 0 Å². The molecule has 0 spiro atoms. The number of phosphoric ester groups is 2. The van der Waals surface area contributed by atoms with Crippen LogP contribution >= 0.6 is 23.5 Å². The van der Waals surface area contributed by atoms with Crippen LogP contribution in [0.1, 0.15) is 0 Å². The number of aromatic nitrogens is 2. The molecule has 2 aliphatic heterocycles. The van der Waals surface area contributed by atoms with Crippen LogP contribution in [0.15, 0.2) is 6.33 Å². The summed E-state index contributed by atoms with van der Waals surface area (Å²) < 4.78 is 51.9. The van der Waals surface area contributed by atoms with Gasteiger partial charge in [0, 0.05) is 0 Å². The molecule has 1 saturated heterocycles. The van der Waals surface area contributed by atoms with Crippen LogP contribution in [0.5, 0.6) is 0 Å². The molecule has 3 heterocycles. The smallest absolute Gasteiger partial charge is 0.387 e. The maximum absolute atomic E-state index is 11.6. The van der Waals surface area contributed by atoms with Gasteiger partial charge in [0.1, 0.15) is 30.3 Å². The Balaban J connectivity index is 1.81. The lowest BCUT2D eigenvalue weighted by Crippen LogP contribution is -2.45. The van der Waals surface area contributed by atoms with Gasteiger partial charge in [-0.15, -0.1) is 0 Å². The lowest BCUT2D eigenvalue weighted by molar-refractivity contribution is -0.0215. The number of hydrogen-bond acceptors (Lipinski definition) is 13. The molecule has 0 saturated carbocycles. The first-order valence-electron chi connectivity index (χ1n) is 8.09. The number of ether oxygens (including phenoxy) is 1. The zero-order valence-electron chi connectivity index (χ0n) is 15.1. The minimum atomic E-state index is -5.39. The first kappa shape index (κ1) is 24.4. The third-order valence-electron chi connectivity index (χ3n) is 4.05. The summed E-state index contributed by atoms with van der Waals surface area (Å²) in [6.07, 6.45) is -5.36. The summed E-state index contributed by atoms with van der Waals surface area (Å²) >= 11 is 0. The highest BCUT2D eigenvalue weighted by molar-refractivity contribution is 7.60. The number of hydrogen-bond donors (Lipinski definition) is 8. The van der Waals surface area contributed by atoms with Gasteiger partial charge in [-0.1, -0.05) is 0 Å². The molecule has 1 aromatic heterocycles. The maximum Gasteiger partial charge on any atom is 0.481 e. The second-order valence-corrected chi connectivity index (χ2v) is 10.2. The van der Waals surface area contributed by atoms with Gasteiger partial charge in [0.2, 0.25) is 0 Å². The van der Waals surface area contributed by atoms with Crippen LogP contribution in [0.25, 0.3) is 0 Å². The summed E-state index contributed by atoms with van der Waals surface area (Å²) in [6.45, 7) is -1.02. The quantitative estimate of drug-likeness (QED) is 0.177. The molecular formula is C10H18N5O13P3. The topological polar surface area (TPSA) is 277 Å². The summed E-state index contributed by atoms with van der Waals surface area (Å²) in [5, 5.41) is 13.3. The molecule has 31 heavy (non-hydrogen) atoms. The van der Waals surface area contributed by atoms with Gasteiger partial charge in [0.15, 0.2) is 17.9 Å². The largest absolute Gasteiger partial charge is 0.481 e. The average molecular weight is 509 g/mol. The molecule has 1 unspecified atom stereocenters. The van der Waals surface area contributed by atoms with E-state index in [9.17, 15) is 33.5 Å². The third kappa shape index (κ3) is 5.97. The lowest BCUT2D eigenvalue weighted by Gasteiger charge is -2.29. The van der Waals surface area contributed by atoms with Gasteiger partial charge >= 0.3 is 23.5 Å². The highest BCUT2D eigenvalue weighted by Crippen LogP contribution is 2.57. The normalized spacial score (nSPS) is 28.3. The van der Waals surface area contributed by atoms with E-state index in [2.05, 4.69) is 28.6 Å². The number of fused-ring (bicyclic) bond motifs is 1. The van der Waals surface area contributed by atoms with Crippen molar-refractivity contribution < 1.29 is 61.4 Å². The first-order chi connectivity index (χ1) is 14.2. The number of anilines is 3. The molecule has 0 amide bonds. The molecule has 1 aromatic rings. The van der Waals surface area contributed by atoms with Crippen molar-refractivity contribution in [1.29, 1.82) is 0 Å². The molecule has 18 nitrogen and oxygen atoms in total. The Kier molecular flexibility index (Phi) is 6.78. The number of nitrogens with zero attached hydrogens (tertiary/aromatic N) is 3. The zero-order valence-corrected chi connectivity index (χ0v) is 17.8. The third-order valence-corrected chi connectivity index (χ3v) is 6.72. The van der Waals surface area contributed by atoms with Crippen LogP contribution in [0.3, 0.4) is 0 Å². The number of aliphatic hydroxyl groups is 1. The molecule has 9 N–H and O–H groups in total. The van der Waals surface area contributed by atoms with E-state index in [1.807, 2.05) is 0 Å². The molecule has 176 valence electrons. The van der Waals surface area contributed by atoms with Crippen molar-refractivity contribution in [1.82, 2.24) is 9.97 Å². The van der Waals surface area contributed by atoms with Crippen LogP contribution in [-0.2, 0) is 31.8 Å². The molecule has 0 aliphatic carbocycles. The first-order valence-corrected chi connectivity index (χ1v) is 12.7. The summed E-state index contributed by atoms with van der Waals surface area (Å²) in [5.74, 6) is 0.220. The monoisotopic (exact) mass is 509 g/mol. The van der Waals surface area contributed by atoms with E-state index < -0.39 is 54.6 Å². The highest BCUT2D eigenvalue weighted by Gasteiger charge is 2.52. The van der Waals surface area contributed by atoms with E-state index in [4.69, 9.17) is 20.3 Å². The van der Waals surface area contributed by atoms with Gasteiger partial charge in [-0.3, -0.25) is 9.05 Å². The van der Waals surface area contributed by atoms with E-state index in [1.165, 1.54) is 4.90 Å². The number of aliphatic hydroxyl groups excluding tert-OH is 1. The van der Waals surface area contributed by atoms with Crippen LogP contribution < -0.4 is 16.0 Å². The molecule has 21 heteroatoms. The number of nitrogen functional groups attached to an aromatic ring is 1. The van der Waals surface area contributed by atoms with Gasteiger partial charge in [0.25, 0.3) is 0 Å². The molecular weight excluding hydrogens is 491 g/mol. The number of nitrogens with two attached hydrogens (primary N) is 1. The van der Waals surface area contributed by atoms with Crippen molar-refractivity contribution in [2.24, 2.45) is 0 Å². The number of phosphoric acid groups is 3. The van der Waals surface area contributed by atoms with E-state index in [0.29, 0.717) is 0 Å². The second-order valence-electron chi connectivity index (χ2n) is 6.22. The van der Waals surface area contributed by atoms with E-state index in [1.54, 1.807) is 0 Å². The summed E-state index contributed by atoms with van der Waals surface area (Å²) in [4.78, 5) is 54.0. The van der Waals surface area contributed by atoms with E-state index in [0.717, 1.165) is 6.33 Å². The van der Waals surface area contributed by atoms with Crippen LogP contribution in [0, 0.1) is 0 Å². The maximum atomic E-state index is 11.6. The predicted octanol–water partition coefficient (Wildman–Crippen LogP) is -1.96. The number of rotatable bonds is 8. The Morgan fingerprint density at radius 3 is 2.48 bits per heavy atom. The van der Waals surface area contributed by atoms with Crippen molar-refractivity contribution in [2.75, 3.05) is 29.2 Å². The number of nitrogens with one attached hydrogen (secondary N) is 1. The molecule has 0 aromatic carbocycles. The molecule has 3 rings (SSSR count). The molecule has 2 aliphatic rings.